The normalized spacial score (nSPS) is 15.2. The van der Waals surface area contributed by atoms with Gasteiger partial charge in [0.2, 0.25) is 11.4 Å². The molecule has 2 unspecified atom stereocenters. The van der Waals surface area contributed by atoms with E-state index in [1.807, 2.05) is 74.5 Å². The van der Waals surface area contributed by atoms with Gasteiger partial charge in [0.1, 0.15) is 0 Å². The molecule has 0 fully saturated rings. The van der Waals surface area contributed by atoms with Crippen molar-refractivity contribution in [1.82, 2.24) is 0 Å². The monoisotopic (exact) mass is 410 g/mol. The summed E-state index contributed by atoms with van der Waals surface area (Å²) < 4.78 is 11.5. The van der Waals surface area contributed by atoms with E-state index in [2.05, 4.69) is 10.2 Å². The van der Waals surface area contributed by atoms with Crippen molar-refractivity contribution in [2.24, 2.45) is 10.2 Å². The number of hydrogen-bond acceptors (Lipinski definition) is 6. The van der Waals surface area contributed by atoms with Crippen molar-refractivity contribution in [3.8, 4) is 0 Å². The number of carbonyl (C=O) groups is 2. The third-order valence-corrected chi connectivity index (χ3v) is 4.63. The number of rotatable bonds is 10. The topological polar surface area (TPSA) is 77.3 Å². The Balaban J connectivity index is 2.66. The van der Waals surface area contributed by atoms with Crippen molar-refractivity contribution in [1.29, 1.82) is 0 Å². The van der Waals surface area contributed by atoms with Gasteiger partial charge in [0.05, 0.1) is 0 Å². The van der Waals surface area contributed by atoms with E-state index in [-0.39, 0.29) is 0 Å². The van der Waals surface area contributed by atoms with Crippen molar-refractivity contribution >= 4 is 11.9 Å². The predicted octanol–water partition coefficient (Wildman–Crippen LogP) is 5.87. The average Bonchev–Trinajstić information content (AvgIpc) is 2.72. The highest BCUT2D eigenvalue weighted by Gasteiger charge is 2.40. The molecular weight excluding hydrogens is 380 g/mol. The molecule has 0 saturated carbocycles. The third kappa shape index (κ3) is 5.75. The summed E-state index contributed by atoms with van der Waals surface area (Å²) in [6.45, 7) is 6.68. The average molecular weight is 411 g/mol. The van der Waals surface area contributed by atoms with Crippen LogP contribution in [0, 0.1) is 0 Å². The number of hydrogen-bond donors (Lipinski definition) is 0. The number of carbonyl (C=O) groups excluding carboxylic acids is 2. The Bertz CT molecular complexity index is 783. The van der Waals surface area contributed by atoms with Gasteiger partial charge >= 0.3 is 11.9 Å². The number of ether oxygens (including phenoxy) is 2. The van der Waals surface area contributed by atoms with E-state index < -0.39 is 23.4 Å². The Hall–Kier alpha value is -3.02. The maximum atomic E-state index is 12.0. The Morgan fingerprint density at radius 1 is 0.700 bits per heavy atom. The lowest BCUT2D eigenvalue weighted by atomic mass is 9.97. The first-order valence-electron chi connectivity index (χ1n) is 10.3. The molecule has 0 aliphatic carbocycles. The number of esters is 2. The molecule has 0 N–H and O–H groups in total. The number of benzene rings is 2. The van der Waals surface area contributed by atoms with Gasteiger partial charge in [0.15, 0.2) is 0 Å². The minimum absolute atomic E-state index is 0.442. The molecular formula is C24H30N2O4. The molecule has 2 atom stereocenters. The van der Waals surface area contributed by atoms with E-state index in [0.29, 0.717) is 36.8 Å². The lowest BCUT2D eigenvalue weighted by molar-refractivity contribution is -0.165. The van der Waals surface area contributed by atoms with Crippen LogP contribution in [0.15, 0.2) is 70.9 Å². The van der Waals surface area contributed by atoms with Crippen molar-refractivity contribution in [2.45, 2.75) is 64.8 Å². The minimum atomic E-state index is -1.30. The van der Waals surface area contributed by atoms with E-state index in [4.69, 9.17) is 9.47 Å². The first kappa shape index (κ1) is 23.3. The largest absolute Gasteiger partial charge is 0.431 e. The molecule has 6 heteroatoms. The second-order valence-corrected chi connectivity index (χ2v) is 7.19. The molecule has 30 heavy (non-hydrogen) atoms. The number of azo groups is 1. The summed E-state index contributed by atoms with van der Waals surface area (Å²) in [5.74, 6) is -0.918. The Morgan fingerprint density at radius 2 is 1.03 bits per heavy atom. The number of nitrogens with zero attached hydrogens (tertiary/aromatic N) is 2. The molecule has 0 aliphatic rings. The van der Waals surface area contributed by atoms with Crippen LogP contribution in [-0.4, -0.2) is 11.9 Å². The van der Waals surface area contributed by atoms with Crippen molar-refractivity contribution in [2.75, 3.05) is 0 Å². The smallest absolute Gasteiger partial charge is 0.305 e. The van der Waals surface area contributed by atoms with Crippen molar-refractivity contribution in [3.63, 3.8) is 0 Å². The third-order valence-electron chi connectivity index (χ3n) is 4.63. The molecule has 0 radical (unpaired) electrons. The molecule has 2 aromatic carbocycles. The lowest BCUT2D eigenvalue weighted by Crippen LogP contribution is -2.33. The SMILES string of the molecule is CCCC(/N=N/C(CCC)(OC(C)=O)c1ccccc1)(OC(C)=O)c1ccccc1. The van der Waals surface area contributed by atoms with Gasteiger partial charge in [-0.1, -0.05) is 74.5 Å². The first-order valence-corrected chi connectivity index (χ1v) is 10.3. The van der Waals surface area contributed by atoms with Crippen LogP contribution in [0.3, 0.4) is 0 Å². The zero-order valence-corrected chi connectivity index (χ0v) is 18.1. The van der Waals surface area contributed by atoms with E-state index in [1.165, 1.54) is 13.8 Å². The Kier molecular flexibility index (Phi) is 8.27. The molecule has 160 valence electrons. The van der Waals surface area contributed by atoms with Crippen LogP contribution in [0.5, 0.6) is 0 Å². The van der Waals surface area contributed by atoms with Crippen LogP contribution in [-0.2, 0) is 30.5 Å². The highest BCUT2D eigenvalue weighted by atomic mass is 16.6. The fraction of sp³-hybridized carbons (Fsp3) is 0.417. The first-order chi connectivity index (χ1) is 14.4. The molecule has 2 aromatic rings. The zero-order valence-electron chi connectivity index (χ0n) is 18.1. The van der Waals surface area contributed by atoms with Crippen LogP contribution in [0.4, 0.5) is 0 Å². The summed E-state index contributed by atoms with van der Waals surface area (Å²) in [6, 6.07) is 18.6. The van der Waals surface area contributed by atoms with Gasteiger partial charge in [-0.05, 0) is 12.8 Å². The van der Waals surface area contributed by atoms with Gasteiger partial charge in [0, 0.05) is 37.8 Å². The lowest BCUT2D eigenvalue weighted by Gasteiger charge is -2.32. The van der Waals surface area contributed by atoms with Crippen LogP contribution >= 0.6 is 0 Å². The van der Waals surface area contributed by atoms with Crippen LogP contribution < -0.4 is 0 Å². The van der Waals surface area contributed by atoms with Crippen LogP contribution in [0.25, 0.3) is 0 Å². The van der Waals surface area contributed by atoms with Gasteiger partial charge in [-0.3, -0.25) is 9.59 Å². The summed E-state index contributed by atoms with van der Waals surface area (Å²) in [5, 5.41) is 9.16. The van der Waals surface area contributed by atoms with E-state index >= 15 is 0 Å². The Morgan fingerprint density at radius 3 is 1.30 bits per heavy atom. The second kappa shape index (κ2) is 10.7. The molecule has 0 aliphatic heterocycles. The minimum Gasteiger partial charge on any atom is -0.431 e. The quantitative estimate of drug-likeness (QED) is 0.362. The van der Waals surface area contributed by atoms with Crippen LogP contribution in [0.2, 0.25) is 0 Å². The maximum Gasteiger partial charge on any atom is 0.305 e. The summed E-state index contributed by atoms with van der Waals surface area (Å²) in [4.78, 5) is 24.0. The van der Waals surface area contributed by atoms with Gasteiger partial charge in [-0.25, -0.2) is 0 Å². The highest BCUT2D eigenvalue weighted by Crippen LogP contribution is 2.39. The van der Waals surface area contributed by atoms with E-state index in [9.17, 15) is 9.59 Å². The fourth-order valence-corrected chi connectivity index (χ4v) is 3.48. The standard InChI is InChI=1S/C24H30N2O4/c1-5-17-23(29-19(3)27,21-13-9-7-10-14-21)25-26-24(18-6-2,30-20(4)28)22-15-11-8-12-16-22/h7-16H,5-6,17-18H2,1-4H3/b26-25+. The van der Waals surface area contributed by atoms with Crippen molar-refractivity contribution in [3.05, 3.63) is 71.8 Å². The molecule has 0 saturated heterocycles. The second-order valence-electron chi connectivity index (χ2n) is 7.19. The van der Waals surface area contributed by atoms with Gasteiger partial charge in [-0.15, -0.1) is 10.2 Å². The maximum absolute atomic E-state index is 12.0. The van der Waals surface area contributed by atoms with Gasteiger partial charge < -0.3 is 9.47 Å². The molecule has 2 rings (SSSR count). The van der Waals surface area contributed by atoms with Gasteiger partial charge in [-0.2, -0.15) is 0 Å². The molecule has 0 heterocycles. The van der Waals surface area contributed by atoms with Crippen molar-refractivity contribution < 1.29 is 19.1 Å². The molecule has 0 bridgehead atoms. The summed E-state index contributed by atoms with van der Waals surface area (Å²) in [7, 11) is 0. The summed E-state index contributed by atoms with van der Waals surface area (Å²) in [6.07, 6.45) is 2.30. The predicted molar refractivity (Wildman–Crippen MR) is 114 cm³/mol. The zero-order chi connectivity index (χ0) is 22.0. The van der Waals surface area contributed by atoms with Gasteiger partial charge in [0.25, 0.3) is 0 Å². The molecule has 0 aromatic heterocycles. The fourth-order valence-electron chi connectivity index (χ4n) is 3.48. The summed E-state index contributed by atoms with van der Waals surface area (Å²) >= 11 is 0. The van der Waals surface area contributed by atoms with Crippen LogP contribution in [0.1, 0.15) is 64.5 Å². The van der Waals surface area contributed by atoms with E-state index in [1.54, 1.807) is 0 Å². The highest BCUT2D eigenvalue weighted by molar-refractivity contribution is 5.67. The van der Waals surface area contributed by atoms with E-state index in [0.717, 1.165) is 0 Å². The summed E-state index contributed by atoms with van der Waals surface area (Å²) in [5.41, 5.74) is -1.16. The molecule has 0 spiro atoms. The molecule has 0 amide bonds. The molecule has 6 nitrogen and oxygen atoms in total. The Labute approximate surface area is 178 Å².